The third-order valence-electron chi connectivity index (χ3n) is 3.64. The highest BCUT2D eigenvalue weighted by Crippen LogP contribution is 2.22. The van der Waals surface area contributed by atoms with E-state index in [1.165, 1.54) is 28.3 Å². The molecule has 4 aromatic rings. The second-order valence-corrected chi connectivity index (χ2v) is 6.46. The normalized spacial score (nSPS) is 11.2. The van der Waals surface area contributed by atoms with Crippen LogP contribution in [0.1, 0.15) is 10.7 Å². The molecule has 0 aliphatic carbocycles. The number of carboxylic acid groups (broad SMARTS) is 1. The van der Waals surface area contributed by atoms with Gasteiger partial charge in [0.15, 0.2) is 0 Å². The summed E-state index contributed by atoms with van der Waals surface area (Å²) in [6, 6.07) is 9.20. The highest BCUT2D eigenvalue weighted by atomic mass is 32.1. The zero-order valence-corrected chi connectivity index (χ0v) is 13.6. The van der Waals surface area contributed by atoms with Crippen molar-refractivity contribution in [1.29, 1.82) is 0 Å². The molecule has 8 nitrogen and oxygen atoms in total. The van der Waals surface area contributed by atoms with Gasteiger partial charge in [0.25, 0.3) is 5.56 Å². The third kappa shape index (κ3) is 2.85. The molecule has 0 amide bonds. The number of thiazole rings is 1. The quantitative estimate of drug-likeness (QED) is 0.591. The predicted octanol–water partition coefficient (Wildman–Crippen LogP) is 1.47. The predicted molar refractivity (Wildman–Crippen MR) is 91.7 cm³/mol. The van der Waals surface area contributed by atoms with Gasteiger partial charge < -0.3 is 5.11 Å². The Kier molecular flexibility index (Phi) is 3.69. The summed E-state index contributed by atoms with van der Waals surface area (Å²) in [5, 5.41) is 21.9. The number of para-hydroxylation sites is 1. The molecule has 25 heavy (non-hydrogen) atoms. The smallest absolute Gasteiger partial charge is 0.309 e. The van der Waals surface area contributed by atoms with Crippen LogP contribution in [0.5, 0.6) is 0 Å². The number of fused-ring (bicyclic) bond motifs is 2. The summed E-state index contributed by atoms with van der Waals surface area (Å²) in [5.41, 5.74) is 0.929. The monoisotopic (exact) mass is 353 g/mol. The number of carboxylic acids is 1. The van der Waals surface area contributed by atoms with Crippen molar-refractivity contribution in [2.45, 2.75) is 13.0 Å². The molecule has 1 N–H and O–H groups in total. The number of hydrogen-bond acceptors (Lipinski definition) is 7. The van der Waals surface area contributed by atoms with Crippen LogP contribution >= 0.6 is 11.3 Å². The molecule has 0 aliphatic heterocycles. The number of benzene rings is 1. The first-order valence-electron chi connectivity index (χ1n) is 7.39. The topological polar surface area (TPSA) is 111 Å². The molecule has 3 heterocycles. The van der Waals surface area contributed by atoms with E-state index in [9.17, 15) is 9.59 Å². The Morgan fingerprint density at radius 1 is 1.24 bits per heavy atom. The van der Waals surface area contributed by atoms with E-state index in [1.54, 1.807) is 0 Å². The molecule has 0 bridgehead atoms. The fraction of sp³-hybridized carbons (Fsp3) is 0.125. The first-order valence-corrected chi connectivity index (χ1v) is 8.21. The zero-order valence-electron chi connectivity index (χ0n) is 12.8. The lowest BCUT2D eigenvalue weighted by atomic mass is 10.2. The summed E-state index contributed by atoms with van der Waals surface area (Å²) >= 11 is 1.47. The molecule has 0 aliphatic rings. The molecule has 4 rings (SSSR count). The minimum Gasteiger partial charge on any atom is -0.481 e. The molecule has 124 valence electrons. The maximum Gasteiger partial charge on any atom is 0.309 e. The van der Waals surface area contributed by atoms with Crippen LogP contribution in [0.25, 0.3) is 21.1 Å². The Labute approximate surface area is 144 Å². The Morgan fingerprint density at radius 3 is 2.88 bits per heavy atom. The first-order chi connectivity index (χ1) is 12.1. The summed E-state index contributed by atoms with van der Waals surface area (Å²) < 4.78 is 2.25. The van der Waals surface area contributed by atoms with Crippen molar-refractivity contribution >= 4 is 38.4 Å². The first kappa shape index (κ1) is 15.3. The van der Waals surface area contributed by atoms with Crippen LogP contribution in [-0.4, -0.2) is 36.0 Å². The number of hydrogen-bond donors (Lipinski definition) is 1. The lowest BCUT2D eigenvalue weighted by Gasteiger charge is -2.07. The summed E-state index contributed by atoms with van der Waals surface area (Å²) in [7, 11) is 0. The number of nitrogens with zero attached hydrogens (tertiary/aromatic N) is 5. The van der Waals surface area contributed by atoms with Gasteiger partial charge in [-0.15, -0.1) is 16.4 Å². The number of carbonyl (C=O) groups is 1. The Morgan fingerprint density at radius 2 is 2.08 bits per heavy atom. The zero-order chi connectivity index (χ0) is 17.4. The van der Waals surface area contributed by atoms with Gasteiger partial charge in [-0.2, -0.15) is 10.2 Å². The van der Waals surface area contributed by atoms with Gasteiger partial charge in [-0.05, 0) is 18.2 Å². The minimum absolute atomic E-state index is 0.170. The number of rotatable bonds is 4. The summed E-state index contributed by atoms with van der Waals surface area (Å²) in [6.45, 7) is 0.170. The lowest BCUT2D eigenvalue weighted by Crippen LogP contribution is -2.26. The molecule has 9 heteroatoms. The van der Waals surface area contributed by atoms with E-state index in [1.807, 2.05) is 24.3 Å². The van der Waals surface area contributed by atoms with E-state index in [0.717, 1.165) is 15.2 Å². The lowest BCUT2D eigenvalue weighted by molar-refractivity contribution is -0.136. The maximum atomic E-state index is 12.6. The van der Waals surface area contributed by atoms with E-state index in [-0.39, 0.29) is 29.7 Å². The van der Waals surface area contributed by atoms with E-state index < -0.39 is 5.97 Å². The second kappa shape index (κ2) is 6.02. The fourth-order valence-electron chi connectivity index (χ4n) is 2.58. The van der Waals surface area contributed by atoms with Crippen LogP contribution in [-0.2, 0) is 17.8 Å². The largest absolute Gasteiger partial charge is 0.481 e. The van der Waals surface area contributed by atoms with E-state index >= 15 is 0 Å². The van der Waals surface area contributed by atoms with Crippen LogP contribution in [0.2, 0.25) is 0 Å². The van der Waals surface area contributed by atoms with Crippen molar-refractivity contribution in [3.05, 3.63) is 57.6 Å². The van der Waals surface area contributed by atoms with Crippen molar-refractivity contribution in [2.75, 3.05) is 0 Å². The van der Waals surface area contributed by atoms with Crippen LogP contribution in [0.3, 0.4) is 0 Å². The summed E-state index contributed by atoms with van der Waals surface area (Å²) in [5.74, 6) is -1.05. The van der Waals surface area contributed by atoms with Crippen molar-refractivity contribution < 1.29 is 9.90 Å². The molecule has 0 unspecified atom stereocenters. The molecule has 0 saturated carbocycles. The molecule has 0 spiro atoms. The highest BCUT2D eigenvalue weighted by Gasteiger charge is 2.16. The van der Waals surface area contributed by atoms with Crippen molar-refractivity contribution in [3.8, 4) is 0 Å². The minimum atomic E-state index is -1.05. The molecule has 0 fully saturated rings. The van der Waals surface area contributed by atoms with Gasteiger partial charge >= 0.3 is 5.97 Å². The van der Waals surface area contributed by atoms with Crippen molar-refractivity contribution in [1.82, 2.24) is 25.0 Å². The Hall–Kier alpha value is -3.20. The third-order valence-corrected chi connectivity index (χ3v) is 4.66. The molecule has 1 aromatic carbocycles. The van der Waals surface area contributed by atoms with E-state index in [2.05, 4.69) is 20.3 Å². The molecule has 0 atom stereocenters. The van der Waals surface area contributed by atoms with Crippen LogP contribution in [0.4, 0.5) is 0 Å². The average molecular weight is 353 g/mol. The Balaban J connectivity index is 1.84. The Bertz CT molecular complexity index is 1130. The van der Waals surface area contributed by atoms with Gasteiger partial charge in [0.1, 0.15) is 16.2 Å². The van der Waals surface area contributed by atoms with E-state index in [4.69, 9.17) is 5.11 Å². The molecule has 0 radical (unpaired) electrons. The van der Waals surface area contributed by atoms with Gasteiger partial charge in [-0.1, -0.05) is 12.1 Å². The second-order valence-electron chi connectivity index (χ2n) is 5.35. The summed E-state index contributed by atoms with van der Waals surface area (Å²) in [6.07, 6.45) is 1.06. The standard InChI is InChI=1S/C16H11N5O3S/c22-14(23)7-11-15-9(5-6-17-19-15)16(24)21(20-11)8-13-18-10-3-1-2-4-12(10)25-13/h1-6H,7-8H2,(H,22,23). The van der Waals surface area contributed by atoms with Gasteiger partial charge in [0.05, 0.1) is 34.8 Å². The van der Waals surface area contributed by atoms with Gasteiger partial charge in [0, 0.05) is 0 Å². The molecular formula is C16H11N5O3S. The van der Waals surface area contributed by atoms with Crippen molar-refractivity contribution in [2.24, 2.45) is 0 Å². The van der Waals surface area contributed by atoms with Gasteiger partial charge in [0.2, 0.25) is 0 Å². The number of aliphatic carboxylic acids is 1. The van der Waals surface area contributed by atoms with Gasteiger partial charge in [-0.3, -0.25) is 9.59 Å². The van der Waals surface area contributed by atoms with Crippen LogP contribution in [0, 0.1) is 0 Å². The highest BCUT2D eigenvalue weighted by molar-refractivity contribution is 7.18. The molecule has 0 saturated heterocycles. The summed E-state index contributed by atoms with van der Waals surface area (Å²) in [4.78, 5) is 28.2. The van der Waals surface area contributed by atoms with Crippen molar-refractivity contribution in [3.63, 3.8) is 0 Å². The molecule has 3 aromatic heterocycles. The fourth-order valence-corrected chi connectivity index (χ4v) is 3.53. The molecular weight excluding hydrogens is 342 g/mol. The maximum absolute atomic E-state index is 12.6. The van der Waals surface area contributed by atoms with E-state index in [0.29, 0.717) is 5.39 Å². The van der Waals surface area contributed by atoms with Crippen LogP contribution < -0.4 is 5.56 Å². The average Bonchev–Trinajstić information content (AvgIpc) is 3.01. The van der Waals surface area contributed by atoms with Crippen LogP contribution in [0.15, 0.2) is 41.3 Å². The SMILES string of the molecule is O=C(O)Cc1nn(Cc2nc3ccccc3s2)c(=O)c2ccnnc12. The van der Waals surface area contributed by atoms with Gasteiger partial charge in [-0.25, -0.2) is 9.67 Å². The number of aromatic nitrogens is 5.